The van der Waals surface area contributed by atoms with Crippen molar-refractivity contribution in [3.8, 4) is 5.75 Å². The van der Waals surface area contributed by atoms with E-state index in [2.05, 4.69) is 5.16 Å². The minimum absolute atomic E-state index is 0.0678. The van der Waals surface area contributed by atoms with Crippen LogP contribution in [-0.2, 0) is 0 Å². The summed E-state index contributed by atoms with van der Waals surface area (Å²) in [5.74, 6) is 0.194. The third kappa shape index (κ3) is 2.61. The number of rotatable bonds is 3. The molecule has 0 saturated carbocycles. The summed E-state index contributed by atoms with van der Waals surface area (Å²) in [4.78, 5) is 28.0. The van der Waals surface area contributed by atoms with Gasteiger partial charge < -0.3 is 13.7 Å². The Morgan fingerprint density at radius 2 is 1.87 bits per heavy atom. The predicted octanol–water partition coefficient (Wildman–Crippen LogP) is 3.99. The Bertz CT molecular complexity index is 1360. The number of hydrogen-bond donors (Lipinski definition) is 0. The number of methoxy groups -OCH3 is 1. The van der Waals surface area contributed by atoms with Crippen LogP contribution in [-0.4, -0.2) is 18.2 Å². The maximum Gasteiger partial charge on any atom is 0.296 e. The molecule has 1 unspecified atom stereocenters. The summed E-state index contributed by atoms with van der Waals surface area (Å²) in [5.41, 5.74) is 0.443. The molecule has 0 saturated heterocycles. The van der Waals surface area contributed by atoms with Crippen LogP contribution in [0.5, 0.6) is 5.75 Å². The molecular formula is C22H15FN2O5. The van der Waals surface area contributed by atoms with Gasteiger partial charge in [-0.1, -0.05) is 17.3 Å². The Morgan fingerprint density at radius 1 is 1.10 bits per heavy atom. The van der Waals surface area contributed by atoms with E-state index in [1.807, 2.05) is 0 Å². The summed E-state index contributed by atoms with van der Waals surface area (Å²) in [6, 6.07) is 11.4. The lowest BCUT2D eigenvalue weighted by molar-refractivity contribution is 0.0969. The van der Waals surface area contributed by atoms with Crippen LogP contribution in [0.1, 0.15) is 33.5 Å². The smallest absolute Gasteiger partial charge is 0.296 e. The van der Waals surface area contributed by atoms with Crippen molar-refractivity contribution in [3.63, 3.8) is 0 Å². The second-order valence-corrected chi connectivity index (χ2v) is 6.96. The van der Waals surface area contributed by atoms with Gasteiger partial charge in [0.15, 0.2) is 11.2 Å². The van der Waals surface area contributed by atoms with Gasteiger partial charge in [-0.3, -0.25) is 14.5 Å². The van der Waals surface area contributed by atoms with Gasteiger partial charge in [-0.2, -0.15) is 0 Å². The number of benzene rings is 2. The number of aryl methyl sites for hydroxylation is 1. The fourth-order valence-corrected chi connectivity index (χ4v) is 3.75. The molecule has 150 valence electrons. The molecule has 1 atom stereocenters. The van der Waals surface area contributed by atoms with E-state index < -0.39 is 23.2 Å². The summed E-state index contributed by atoms with van der Waals surface area (Å²) in [6.45, 7) is 1.70. The van der Waals surface area contributed by atoms with Crippen molar-refractivity contribution in [2.45, 2.75) is 13.0 Å². The fraction of sp³-hybridized carbons (Fsp3) is 0.136. The van der Waals surface area contributed by atoms with Crippen LogP contribution in [0.15, 0.2) is 62.3 Å². The first kappa shape index (κ1) is 18.1. The molecule has 0 spiro atoms. The molecule has 2 aromatic heterocycles. The van der Waals surface area contributed by atoms with Crippen molar-refractivity contribution in [2.24, 2.45) is 0 Å². The number of aromatic nitrogens is 1. The average molecular weight is 406 g/mol. The molecule has 0 fully saturated rings. The lowest BCUT2D eigenvalue weighted by atomic mass is 9.98. The minimum Gasteiger partial charge on any atom is -0.497 e. The van der Waals surface area contributed by atoms with Crippen molar-refractivity contribution >= 4 is 22.7 Å². The minimum atomic E-state index is -0.813. The van der Waals surface area contributed by atoms with Crippen LogP contribution < -0.4 is 15.1 Å². The number of halogens is 1. The number of carbonyl (C=O) groups excluding carboxylic acids is 1. The highest BCUT2D eigenvalue weighted by Crippen LogP contribution is 2.41. The van der Waals surface area contributed by atoms with Crippen molar-refractivity contribution in [1.82, 2.24) is 5.16 Å². The molecule has 1 amide bonds. The highest BCUT2D eigenvalue weighted by Gasteiger charge is 2.44. The molecule has 1 aliphatic heterocycles. The van der Waals surface area contributed by atoms with Gasteiger partial charge in [-0.15, -0.1) is 0 Å². The van der Waals surface area contributed by atoms with E-state index in [0.717, 1.165) is 6.07 Å². The summed E-state index contributed by atoms with van der Waals surface area (Å²) in [5, 5.41) is 4.02. The van der Waals surface area contributed by atoms with Crippen molar-refractivity contribution in [1.29, 1.82) is 0 Å². The van der Waals surface area contributed by atoms with Crippen LogP contribution in [0.25, 0.3) is 11.0 Å². The number of nitrogens with zero attached hydrogens (tertiary/aromatic N) is 2. The highest BCUT2D eigenvalue weighted by atomic mass is 19.1. The Balaban J connectivity index is 1.80. The zero-order valence-electron chi connectivity index (χ0n) is 16.0. The molecule has 7 nitrogen and oxygen atoms in total. The van der Waals surface area contributed by atoms with Gasteiger partial charge in [-0.05, 0) is 42.8 Å². The number of ether oxygens (including phenoxy) is 1. The highest BCUT2D eigenvalue weighted by molar-refractivity contribution is 6.10. The molecule has 0 bridgehead atoms. The number of fused-ring (bicyclic) bond motifs is 2. The summed E-state index contributed by atoms with van der Waals surface area (Å²) in [6.07, 6.45) is 0. The normalized spacial score (nSPS) is 15.6. The maximum atomic E-state index is 13.8. The third-order valence-electron chi connectivity index (χ3n) is 5.13. The maximum absolute atomic E-state index is 13.8. The summed E-state index contributed by atoms with van der Waals surface area (Å²) in [7, 11) is 1.54. The van der Waals surface area contributed by atoms with E-state index >= 15 is 0 Å². The van der Waals surface area contributed by atoms with Gasteiger partial charge in [0.25, 0.3) is 5.91 Å². The molecule has 8 heteroatoms. The standard InChI is InChI=1S/C22H15FN2O5/c1-11-9-17(24-30-11)25-19(12-3-6-14(28-2)7-4-12)18-20(26)15-10-13(23)5-8-16(15)29-21(18)22(25)27/h3-10,19H,1-2H3. The Morgan fingerprint density at radius 3 is 2.53 bits per heavy atom. The van der Waals surface area contributed by atoms with Crippen LogP contribution in [0.2, 0.25) is 0 Å². The Labute approximate surface area is 169 Å². The van der Waals surface area contributed by atoms with Gasteiger partial charge in [-0.25, -0.2) is 4.39 Å². The Hall–Kier alpha value is -3.94. The molecule has 3 heterocycles. The van der Waals surface area contributed by atoms with Gasteiger partial charge >= 0.3 is 0 Å². The van der Waals surface area contributed by atoms with E-state index in [4.69, 9.17) is 13.7 Å². The van der Waals surface area contributed by atoms with E-state index in [9.17, 15) is 14.0 Å². The van der Waals surface area contributed by atoms with Crippen molar-refractivity contribution < 1.29 is 22.9 Å². The summed E-state index contributed by atoms with van der Waals surface area (Å²) < 4.78 is 29.9. The van der Waals surface area contributed by atoms with Gasteiger partial charge in [0.2, 0.25) is 5.76 Å². The second-order valence-electron chi connectivity index (χ2n) is 6.96. The predicted molar refractivity (Wildman–Crippen MR) is 105 cm³/mol. The molecule has 5 rings (SSSR count). The topological polar surface area (TPSA) is 85.8 Å². The largest absolute Gasteiger partial charge is 0.497 e. The lowest BCUT2D eigenvalue weighted by Crippen LogP contribution is -2.29. The van der Waals surface area contributed by atoms with Gasteiger partial charge in [0.1, 0.15) is 22.9 Å². The molecular weight excluding hydrogens is 391 g/mol. The van der Waals surface area contributed by atoms with Crippen LogP contribution >= 0.6 is 0 Å². The lowest BCUT2D eigenvalue weighted by Gasteiger charge is -2.22. The molecule has 4 aromatic rings. The molecule has 1 aliphatic rings. The van der Waals surface area contributed by atoms with Crippen molar-refractivity contribution in [2.75, 3.05) is 12.0 Å². The van der Waals surface area contributed by atoms with E-state index in [-0.39, 0.29) is 28.1 Å². The van der Waals surface area contributed by atoms with Gasteiger partial charge in [0, 0.05) is 6.07 Å². The average Bonchev–Trinajstić information content (AvgIpc) is 3.30. The Kier molecular flexibility index (Phi) is 3.95. The number of amides is 1. The first-order valence-corrected chi connectivity index (χ1v) is 9.15. The summed E-state index contributed by atoms with van der Waals surface area (Å²) >= 11 is 0. The van der Waals surface area contributed by atoms with Crippen LogP contribution in [0.4, 0.5) is 10.2 Å². The van der Waals surface area contributed by atoms with E-state index in [1.165, 1.54) is 17.0 Å². The van der Waals surface area contributed by atoms with Gasteiger partial charge in [0.05, 0.1) is 24.1 Å². The van der Waals surface area contributed by atoms with Crippen LogP contribution in [0, 0.1) is 12.7 Å². The molecule has 30 heavy (non-hydrogen) atoms. The zero-order chi connectivity index (χ0) is 21.0. The second kappa shape index (κ2) is 6.55. The number of hydrogen-bond acceptors (Lipinski definition) is 6. The first-order valence-electron chi connectivity index (χ1n) is 9.15. The molecule has 0 radical (unpaired) electrons. The van der Waals surface area contributed by atoms with Crippen molar-refractivity contribution in [3.05, 3.63) is 87.2 Å². The first-order chi connectivity index (χ1) is 14.5. The number of carbonyl (C=O) groups is 1. The SMILES string of the molecule is COc1ccc(C2c3c(oc4ccc(F)cc4c3=O)C(=O)N2c2cc(C)on2)cc1. The number of anilines is 1. The molecule has 2 aromatic carbocycles. The fourth-order valence-electron chi connectivity index (χ4n) is 3.75. The molecule has 0 N–H and O–H groups in total. The monoisotopic (exact) mass is 406 g/mol. The van der Waals surface area contributed by atoms with Crippen LogP contribution in [0.3, 0.4) is 0 Å². The van der Waals surface area contributed by atoms with E-state index in [1.54, 1.807) is 44.4 Å². The molecule has 0 aliphatic carbocycles. The quantitative estimate of drug-likeness (QED) is 0.511. The van der Waals surface area contributed by atoms with E-state index in [0.29, 0.717) is 17.1 Å². The zero-order valence-corrected chi connectivity index (χ0v) is 16.0. The third-order valence-corrected chi connectivity index (χ3v) is 5.13.